The highest BCUT2D eigenvalue weighted by atomic mass is 14.9. The first-order chi connectivity index (χ1) is 6.45. The molecule has 0 atom stereocenters. The van der Waals surface area contributed by atoms with Crippen LogP contribution in [-0.2, 0) is 0 Å². The highest BCUT2D eigenvalue weighted by Crippen LogP contribution is 1.90. The molecule has 0 aromatic carbocycles. The molecular formula is C10H10N3+. The molecule has 0 spiro atoms. The van der Waals surface area contributed by atoms with Crippen LogP contribution < -0.4 is 4.57 Å². The van der Waals surface area contributed by atoms with Gasteiger partial charge in [0.05, 0.1) is 0 Å². The Balaban J connectivity index is 2.15. The van der Waals surface area contributed by atoms with Gasteiger partial charge >= 0.3 is 0 Å². The first kappa shape index (κ1) is 7.73. The SMILES string of the molecule is C(=C\[n+]1ccccc1)/c1ncc[nH]1. The van der Waals surface area contributed by atoms with Gasteiger partial charge in [-0.2, -0.15) is 4.57 Å². The van der Waals surface area contributed by atoms with E-state index < -0.39 is 0 Å². The standard InChI is InChI=1S/C10H10N3/c1-2-7-13(8-3-1)9-4-10-11-5-6-12-10/h1-9H,(H,11,12)/q+1/b9-4+. The summed E-state index contributed by atoms with van der Waals surface area (Å²) in [6.07, 6.45) is 11.3. The number of hydrogen-bond acceptors (Lipinski definition) is 1. The number of H-pyrrole nitrogens is 1. The van der Waals surface area contributed by atoms with E-state index in [2.05, 4.69) is 9.97 Å². The summed E-state index contributed by atoms with van der Waals surface area (Å²) in [5.74, 6) is 0.858. The van der Waals surface area contributed by atoms with Crippen molar-refractivity contribution in [2.45, 2.75) is 0 Å². The summed E-state index contributed by atoms with van der Waals surface area (Å²) in [5.41, 5.74) is 0. The minimum atomic E-state index is 0.858. The van der Waals surface area contributed by atoms with Crippen LogP contribution >= 0.6 is 0 Å². The minimum absolute atomic E-state index is 0.858. The van der Waals surface area contributed by atoms with Gasteiger partial charge < -0.3 is 4.98 Å². The third-order valence-corrected chi connectivity index (χ3v) is 1.66. The fraction of sp³-hybridized carbons (Fsp3) is 0. The monoisotopic (exact) mass is 172 g/mol. The van der Waals surface area contributed by atoms with E-state index in [-0.39, 0.29) is 0 Å². The van der Waals surface area contributed by atoms with Crippen LogP contribution in [0.1, 0.15) is 5.82 Å². The topological polar surface area (TPSA) is 32.6 Å². The van der Waals surface area contributed by atoms with Gasteiger partial charge in [-0.05, 0) is 0 Å². The lowest BCUT2D eigenvalue weighted by Gasteiger charge is -1.84. The first-order valence-electron chi connectivity index (χ1n) is 4.08. The number of imidazole rings is 1. The van der Waals surface area contributed by atoms with Crippen molar-refractivity contribution in [2.24, 2.45) is 0 Å². The number of rotatable bonds is 2. The van der Waals surface area contributed by atoms with E-state index in [9.17, 15) is 0 Å². The summed E-state index contributed by atoms with van der Waals surface area (Å²) in [7, 11) is 0. The highest BCUT2D eigenvalue weighted by molar-refractivity contribution is 5.49. The van der Waals surface area contributed by atoms with Crippen molar-refractivity contribution in [3.05, 3.63) is 48.8 Å². The largest absolute Gasteiger partial charge is 0.345 e. The Bertz CT molecular complexity index is 376. The summed E-state index contributed by atoms with van der Waals surface area (Å²) in [6, 6.07) is 5.94. The number of aromatic amines is 1. The molecule has 2 aromatic rings. The number of aromatic nitrogens is 3. The molecule has 3 nitrogen and oxygen atoms in total. The maximum absolute atomic E-state index is 4.08. The molecule has 0 aliphatic heterocycles. The molecule has 0 fully saturated rings. The van der Waals surface area contributed by atoms with Crippen LogP contribution in [-0.4, -0.2) is 9.97 Å². The molecule has 0 aliphatic carbocycles. The second-order valence-electron chi connectivity index (χ2n) is 2.61. The number of hydrogen-bond donors (Lipinski definition) is 1. The first-order valence-corrected chi connectivity index (χ1v) is 4.08. The van der Waals surface area contributed by atoms with Gasteiger partial charge in [0.1, 0.15) is 5.82 Å². The predicted molar refractivity (Wildman–Crippen MR) is 50.4 cm³/mol. The zero-order valence-electron chi connectivity index (χ0n) is 7.09. The summed E-state index contributed by atoms with van der Waals surface area (Å²) < 4.78 is 1.96. The molecule has 0 amide bonds. The van der Waals surface area contributed by atoms with E-state index in [0.29, 0.717) is 0 Å². The zero-order chi connectivity index (χ0) is 8.93. The van der Waals surface area contributed by atoms with Gasteiger partial charge in [0, 0.05) is 30.6 Å². The smallest absolute Gasteiger partial charge is 0.178 e. The summed E-state index contributed by atoms with van der Waals surface area (Å²) in [5, 5.41) is 0. The maximum Gasteiger partial charge on any atom is 0.178 e. The van der Waals surface area contributed by atoms with E-state index >= 15 is 0 Å². The van der Waals surface area contributed by atoms with Gasteiger partial charge in [0.15, 0.2) is 18.6 Å². The van der Waals surface area contributed by atoms with Crippen molar-refractivity contribution in [1.82, 2.24) is 9.97 Å². The number of pyridine rings is 1. The molecule has 2 aromatic heterocycles. The van der Waals surface area contributed by atoms with Gasteiger partial charge in [0.2, 0.25) is 0 Å². The van der Waals surface area contributed by atoms with Crippen LogP contribution in [0, 0.1) is 0 Å². The molecule has 0 saturated carbocycles. The molecule has 2 heterocycles. The number of nitrogens with one attached hydrogen (secondary N) is 1. The van der Waals surface area contributed by atoms with E-state index in [4.69, 9.17) is 0 Å². The van der Waals surface area contributed by atoms with E-state index in [1.807, 2.05) is 47.4 Å². The zero-order valence-corrected chi connectivity index (χ0v) is 7.09. The van der Waals surface area contributed by atoms with Gasteiger partial charge in [-0.25, -0.2) is 4.98 Å². The lowest BCUT2D eigenvalue weighted by Crippen LogP contribution is -2.23. The van der Waals surface area contributed by atoms with Crippen molar-refractivity contribution in [3.63, 3.8) is 0 Å². The second kappa shape index (κ2) is 3.67. The summed E-state index contributed by atoms with van der Waals surface area (Å²) in [4.78, 5) is 7.07. The molecule has 0 bridgehead atoms. The van der Waals surface area contributed by atoms with Gasteiger partial charge in [-0.15, -0.1) is 0 Å². The summed E-state index contributed by atoms with van der Waals surface area (Å²) in [6.45, 7) is 0. The Kier molecular flexibility index (Phi) is 2.18. The van der Waals surface area contributed by atoms with Gasteiger partial charge in [-0.1, -0.05) is 6.07 Å². The molecule has 0 unspecified atom stereocenters. The van der Waals surface area contributed by atoms with Crippen LogP contribution in [0.15, 0.2) is 43.0 Å². The highest BCUT2D eigenvalue weighted by Gasteiger charge is 1.91. The quantitative estimate of drug-likeness (QED) is 0.681. The normalized spacial score (nSPS) is 10.8. The van der Waals surface area contributed by atoms with Crippen LogP contribution in [0.5, 0.6) is 0 Å². The third kappa shape index (κ3) is 2.02. The lowest BCUT2D eigenvalue weighted by molar-refractivity contribution is -0.567. The molecule has 64 valence electrons. The van der Waals surface area contributed by atoms with Gasteiger partial charge in [0.25, 0.3) is 0 Å². The maximum atomic E-state index is 4.08. The van der Waals surface area contributed by atoms with Crippen LogP contribution in [0.4, 0.5) is 0 Å². The fourth-order valence-electron chi connectivity index (χ4n) is 1.04. The van der Waals surface area contributed by atoms with Crippen molar-refractivity contribution < 1.29 is 4.57 Å². The van der Waals surface area contributed by atoms with Crippen molar-refractivity contribution in [2.75, 3.05) is 0 Å². The summed E-state index contributed by atoms with van der Waals surface area (Å²) >= 11 is 0. The predicted octanol–water partition coefficient (Wildman–Crippen LogP) is 1.33. The van der Waals surface area contributed by atoms with Gasteiger partial charge in [-0.3, -0.25) is 0 Å². The Morgan fingerprint density at radius 1 is 1.23 bits per heavy atom. The average molecular weight is 172 g/mol. The fourth-order valence-corrected chi connectivity index (χ4v) is 1.04. The Morgan fingerprint density at radius 3 is 2.77 bits per heavy atom. The van der Waals surface area contributed by atoms with Crippen LogP contribution in [0.25, 0.3) is 12.3 Å². The molecule has 2 rings (SSSR count). The lowest BCUT2D eigenvalue weighted by atomic mass is 10.5. The van der Waals surface area contributed by atoms with E-state index in [1.165, 1.54) is 0 Å². The Hall–Kier alpha value is -1.90. The molecule has 13 heavy (non-hydrogen) atoms. The Morgan fingerprint density at radius 2 is 2.08 bits per heavy atom. The van der Waals surface area contributed by atoms with Crippen LogP contribution in [0.3, 0.4) is 0 Å². The van der Waals surface area contributed by atoms with Crippen molar-refractivity contribution in [1.29, 1.82) is 0 Å². The molecule has 3 heteroatoms. The third-order valence-electron chi connectivity index (χ3n) is 1.66. The van der Waals surface area contributed by atoms with Crippen molar-refractivity contribution >= 4 is 12.3 Å². The minimum Gasteiger partial charge on any atom is -0.345 e. The molecular weight excluding hydrogens is 162 g/mol. The second-order valence-corrected chi connectivity index (χ2v) is 2.61. The average Bonchev–Trinajstić information content (AvgIpc) is 2.69. The molecule has 1 N–H and O–H groups in total. The van der Waals surface area contributed by atoms with Crippen molar-refractivity contribution in [3.8, 4) is 0 Å². The molecule has 0 saturated heterocycles. The Labute approximate surface area is 76.4 Å². The number of nitrogens with zero attached hydrogens (tertiary/aromatic N) is 2. The van der Waals surface area contributed by atoms with E-state index in [0.717, 1.165) is 5.82 Å². The molecule has 0 aliphatic rings. The molecule has 0 radical (unpaired) electrons. The van der Waals surface area contributed by atoms with E-state index in [1.54, 1.807) is 12.4 Å². The van der Waals surface area contributed by atoms with Crippen LogP contribution in [0.2, 0.25) is 0 Å².